The Kier molecular flexibility index (Phi) is 13.7. The van der Waals surface area contributed by atoms with Gasteiger partial charge < -0.3 is 20.8 Å². The first-order chi connectivity index (χ1) is 20.1. The Balaban J connectivity index is 0.000000293. The number of benzene rings is 2. The van der Waals surface area contributed by atoms with Crippen molar-refractivity contribution in [3.8, 4) is 11.5 Å². The van der Waals surface area contributed by atoms with Crippen molar-refractivity contribution in [2.75, 3.05) is 10.6 Å². The fourth-order valence-corrected chi connectivity index (χ4v) is 3.67. The van der Waals surface area contributed by atoms with Crippen molar-refractivity contribution in [2.45, 2.75) is 40.5 Å². The van der Waals surface area contributed by atoms with Crippen LogP contribution in [0.4, 0.5) is 23.0 Å². The van der Waals surface area contributed by atoms with Gasteiger partial charge in [-0.15, -0.1) is 0 Å². The number of aryl methyl sites for hydroxylation is 2. The molecule has 0 saturated carbocycles. The standard InChI is InChI=1S/2C16H17N3O2.Co/c2*1-11-6-3-4-7-13(11)19-15(21)10-12(2)18-16-14(20)8-5-9-17-16;/h2*3-9,20H,10H2,1-2H3,(H,19,21);/b2*18-12+;. The third-order valence-corrected chi connectivity index (χ3v) is 5.80. The summed E-state index contributed by atoms with van der Waals surface area (Å²) in [7, 11) is 0. The average molecular weight is 626 g/mol. The van der Waals surface area contributed by atoms with E-state index in [4.69, 9.17) is 0 Å². The first-order valence-corrected chi connectivity index (χ1v) is 13.2. The van der Waals surface area contributed by atoms with E-state index in [0.29, 0.717) is 11.4 Å². The number of aromatic nitrogens is 2. The zero-order valence-corrected chi connectivity index (χ0v) is 25.4. The van der Waals surface area contributed by atoms with Crippen molar-refractivity contribution >= 4 is 46.2 Å². The van der Waals surface area contributed by atoms with Crippen LogP contribution in [0, 0.1) is 13.8 Å². The molecule has 0 spiro atoms. The predicted octanol–water partition coefficient (Wildman–Crippen LogP) is 6.43. The third-order valence-electron chi connectivity index (χ3n) is 5.80. The summed E-state index contributed by atoms with van der Waals surface area (Å²) in [4.78, 5) is 40.2. The van der Waals surface area contributed by atoms with E-state index in [1.165, 1.54) is 12.1 Å². The van der Waals surface area contributed by atoms with Crippen molar-refractivity contribution in [3.63, 3.8) is 0 Å². The molecule has 2 aromatic carbocycles. The van der Waals surface area contributed by atoms with Gasteiger partial charge >= 0.3 is 0 Å². The van der Waals surface area contributed by atoms with Crippen LogP contribution in [-0.2, 0) is 26.4 Å². The second kappa shape index (κ2) is 17.2. The summed E-state index contributed by atoms with van der Waals surface area (Å²) < 4.78 is 0. The second-order valence-electron chi connectivity index (χ2n) is 9.47. The fraction of sp³-hybridized carbons (Fsp3) is 0.188. The van der Waals surface area contributed by atoms with Gasteiger partial charge in [0.1, 0.15) is 0 Å². The van der Waals surface area contributed by atoms with Gasteiger partial charge in [0.2, 0.25) is 11.8 Å². The molecular weight excluding hydrogens is 591 g/mol. The van der Waals surface area contributed by atoms with Crippen LogP contribution >= 0.6 is 0 Å². The van der Waals surface area contributed by atoms with Crippen molar-refractivity contribution < 1.29 is 36.6 Å². The Bertz CT molecular complexity index is 1490. The molecule has 0 fully saturated rings. The van der Waals surface area contributed by atoms with E-state index < -0.39 is 0 Å². The Hall–Kier alpha value is -4.87. The number of aromatic hydroxyl groups is 2. The van der Waals surface area contributed by atoms with Crippen molar-refractivity contribution in [1.82, 2.24) is 9.97 Å². The molecule has 4 N–H and O–H groups in total. The molecule has 0 atom stereocenters. The first kappa shape index (κ1) is 34.3. The van der Waals surface area contributed by atoms with Gasteiger partial charge in [0.25, 0.3) is 0 Å². The van der Waals surface area contributed by atoms with Crippen LogP contribution < -0.4 is 10.6 Å². The molecule has 1 radical (unpaired) electrons. The Morgan fingerprint density at radius 2 is 1.02 bits per heavy atom. The second-order valence-corrected chi connectivity index (χ2v) is 9.47. The van der Waals surface area contributed by atoms with Gasteiger partial charge in [-0.1, -0.05) is 36.4 Å². The molecule has 43 heavy (non-hydrogen) atoms. The molecule has 0 bridgehead atoms. The van der Waals surface area contributed by atoms with Crippen LogP contribution in [0.3, 0.4) is 0 Å². The van der Waals surface area contributed by atoms with E-state index in [1.807, 2.05) is 62.4 Å². The average Bonchev–Trinajstić information content (AvgIpc) is 2.94. The predicted molar refractivity (Wildman–Crippen MR) is 166 cm³/mol. The van der Waals surface area contributed by atoms with Crippen molar-refractivity contribution in [1.29, 1.82) is 0 Å². The topological polar surface area (TPSA) is 149 Å². The minimum absolute atomic E-state index is 0. The SMILES string of the molecule is C/C(CC(=O)Nc1ccccc1C)=N\c1ncccc1O.C/C(CC(=O)Nc1ccccc1C)=N\c1ncccc1O.[Co]. The molecule has 11 heteroatoms. The molecule has 2 aromatic heterocycles. The molecule has 2 heterocycles. The molecule has 0 unspecified atom stereocenters. The minimum atomic E-state index is -0.152. The van der Waals surface area contributed by atoms with Gasteiger partial charge in [-0.25, -0.2) is 20.0 Å². The number of anilines is 2. The molecule has 4 rings (SSSR count). The van der Waals surface area contributed by atoms with E-state index in [1.54, 1.807) is 38.4 Å². The zero-order chi connectivity index (χ0) is 30.5. The van der Waals surface area contributed by atoms with Gasteiger partial charge in [-0.05, 0) is 75.2 Å². The molecule has 4 aromatic rings. The number of pyridine rings is 2. The summed E-state index contributed by atoms with van der Waals surface area (Å²) in [6.45, 7) is 7.32. The van der Waals surface area contributed by atoms with Gasteiger partial charge in [-0.3, -0.25) is 9.59 Å². The van der Waals surface area contributed by atoms with Crippen LogP contribution in [0.5, 0.6) is 11.5 Å². The van der Waals surface area contributed by atoms with Gasteiger partial charge in [-0.2, -0.15) is 0 Å². The number of carbonyl (C=O) groups excluding carboxylic acids is 2. The smallest absolute Gasteiger partial charge is 0.230 e. The Morgan fingerprint density at radius 1 is 0.651 bits per heavy atom. The van der Waals surface area contributed by atoms with Crippen LogP contribution in [0.25, 0.3) is 0 Å². The van der Waals surface area contributed by atoms with Crippen LogP contribution in [0.1, 0.15) is 37.8 Å². The van der Waals surface area contributed by atoms with Gasteiger partial charge in [0, 0.05) is 52.0 Å². The van der Waals surface area contributed by atoms with E-state index >= 15 is 0 Å². The number of hydrogen-bond donors (Lipinski definition) is 4. The first-order valence-electron chi connectivity index (χ1n) is 13.2. The van der Waals surface area contributed by atoms with Crippen molar-refractivity contribution in [3.05, 3.63) is 96.3 Å². The number of hydrogen-bond acceptors (Lipinski definition) is 8. The maximum Gasteiger partial charge on any atom is 0.230 e. The van der Waals surface area contributed by atoms with Crippen molar-refractivity contribution in [2.24, 2.45) is 9.98 Å². The monoisotopic (exact) mass is 625 g/mol. The molecular formula is C32H34CoN6O4. The zero-order valence-electron chi connectivity index (χ0n) is 24.3. The number of nitrogens with zero attached hydrogens (tertiary/aromatic N) is 4. The molecule has 0 aliphatic heterocycles. The Morgan fingerprint density at radius 3 is 1.37 bits per heavy atom. The van der Waals surface area contributed by atoms with Crippen LogP contribution in [0.2, 0.25) is 0 Å². The maximum atomic E-state index is 12.0. The summed E-state index contributed by atoms with van der Waals surface area (Å²) in [6.07, 6.45) is 3.37. The summed E-state index contributed by atoms with van der Waals surface area (Å²) in [5.74, 6) is 0.131. The number of para-hydroxylation sites is 2. The number of aliphatic imine (C=N–C) groups is 2. The molecule has 0 aliphatic carbocycles. The summed E-state index contributed by atoms with van der Waals surface area (Å²) >= 11 is 0. The molecule has 10 nitrogen and oxygen atoms in total. The third kappa shape index (κ3) is 11.5. The van der Waals surface area contributed by atoms with E-state index in [2.05, 4.69) is 30.6 Å². The van der Waals surface area contributed by atoms with Gasteiger partial charge in [0.05, 0.1) is 12.8 Å². The van der Waals surface area contributed by atoms with Crippen LogP contribution in [-0.4, -0.2) is 43.4 Å². The maximum absolute atomic E-state index is 12.0. The van der Waals surface area contributed by atoms with E-state index in [0.717, 1.165) is 22.5 Å². The normalized spacial score (nSPS) is 11.0. The molecule has 0 aliphatic rings. The fourth-order valence-electron chi connectivity index (χ4n) is 3.67. The number of rotatable bonds is 8. The summed E-state index contributed by atoms with van der Waals surface area (Å²) in [5.41, 5.74) is 4.74. The van der Waals surface area contributed by atoms with Gasteiger partial charge in [0.15, 0.2) is 23.1 Å². The number of nitrogens with one attached hydrogen (secondary N) is 2. The number of carbonyl (C=O) groups is 2. The molecule has 225 valence electrons. The molecule has 0 saturated heterocycles. The quantitative estimate of drug-likeness (QED) is 0.166. The minimum Gasteiger partial charge on any atom is -0.504 e. The summed E-state index contributed by atoms with van der Waals surface area (Å²) in [5, 5.41) is 24.9. The Labute approximate surface area is 261 Å². The molecule has 2 amide bonds. The number of amides is 2. The van der Waals surface area contributed by atoms with Crippen LogP contribution in [0.15, 0.2) is 95.2 Å². The van der Waals surface area contributed by atoms with E-state index in [-0.39, 0.29) is 64.6 Å². The van der Waals surface area contributed by atoms with E-state index in [9.17, 15) is 19.8 Å². The summed E-state index contributed by atoms with van der Waals surface area (Å²) in [6, 6.07) is 21.4. The largest absolute Gasteiger partial charge is 0.504 e.